The SMILES string of the molecule is COC(=O)c1ccccc1CNC1CCCC(C)(C)C1. The molecule has 1 atom stereocenters. The molecule has 0 saturated heterocycles. The summed E-state index contributed by atoms with van der Waals surface area (Å²) in [5.74, 6) is -0.258. The molecule has 3 heteroatoms. The largest absolute Gasteiger partial charge is 0.465 e. The third-order valence-electron chi connectivity index (χ3n) is 4.21. The van der Waals surface area contributed by atoms with Gasteiger partial charge in [-0.15, -0.1) is 0 Å². The average Bonchev–Trinajstić information content (AvgIpc) is 2.43. The lowest BCUT2D eigenvalue weighted by Crippen LogP contribution is -2.37. The molecule has 0 bridgehead atoms. The Balaban J connectivity index is 1.99. The summed E-state index contributed by atoms with van der Waals surface area (Å²) in [5, 5.41) is 3.61. The van der Waals surface area contributed by atoms with E-state index in [9.17, 15) is 4.79 Å². The minimum Gasteiger partial charge on any atom is -0.465 e. The van der Waals surface area contributed by atoms with Crippen LogP contribution in [0.2, 0.25) is 0 Å². The van der Waals surface area contributed by atoms with E-state index in [0.29, 0.717) is 17.0 Å². The summed E-state index contributed by atoms with van der Waals surface area (Å²) in [6.07, 6.45) is 5.02. The van der Waals surface area contributed by atoms with Crippen LogP contribution in [0.1, 0.15) is 55.5 Å². The third-order valence-corrected chi connectivity index (χ3v) is 4.21. The number of hydrogen-bond donors (Lipinski definition) is 1. The monoisotopic (exact) mass is 275 g/mol. The van der Waals surface area contributed by atoms with Gasteiger partial charge in [0.05, 0.1) is 12.7 Å². The Hall–Kier alpha value is -1.35. The van der Waals surface area contributed by atoms with Crippen LogP contribution in [0.4, 0.5) is 0 Å². The van der Waals surface area contributed by atoms with Gasteiger partial charge in [0.25, 0.3) is 0 Å². The highest BCUT2D eigenvalue weighted by Gasteiger charge is 2.27. The van der Waals surface area contributed by atoms with Gasteiger partial charge in [0.15, 0.2) is 0 Å². The van der Waals surface area contributed by atoms with Crippen LogP contribution in [0.15, 0.2) is 24.3 Å². The van der Waals surface area contributed by atoms with E-state index in [2.05, 4.69) is 19.2 Å². The van der Waals surface area contributed by atoms with Gasteiger partial charge < -0.3 is 10.1 Å². The van der Waals surface area contributed by atoms with Gasteiger partial charge in [0, 0.05) is 12.6 Å². The van der Waals surface area contributed by atoms with E-state index in [1.54, 1.807) is 0 Å². The standard InChI is InChI=1S/C17H25NO2/c1-17(2)10-6-8-14(11-17)18-12-13-7-4-5-9-15(13)16(19)20-3/h4-5,7,9,14,18H,6,8,10-12H2,1-3H3. The van der Waals surface area contributed by atoms with Gasteiger partial charge in [-0.05, 0) is 36.3 Å². The first kappa shape index (κ1) is 15.0. The van der Waals surface area contributed by atoms with E-state index in [4.69, 9.17) is 4.74 Å². The van der Waals surface area contributed by atoms with Gasteiger partial charge in [0.1, 0.15) is 0 Å². The molecule has 1 aliphatic rings. The van der Waals surface area contributed by atoms with Crippen molar-refractivity contribution in [1.82, 2.24) is 5.32 Å². The highest BCUT2D eigenvalue weighted by Crippen LogP contribution is 2.35. The zero-order chi connectivity index (χ0) is 14.6. The molecule has 0 heterocycles. The van der Waals surface area contributed by atoms with Crippen molar-refractivity contribution < 1.29 is 9.53 Å². The molecule has 0 radical (unpaired) electrons. The smallest absolute Gasteiger partial charge is 0.338 e. The number of carbonyl (C=O) groups is 1. The molecule has 0 aliphatic heterocycles. The number of nitrogens with one attached hydrogen (secondary N) is 1. The molecule has 1 aliphatic carbocycles. The van der Waals surface area contributed by atoms with Crippen LogP contribution in [0.5, 0.6) is 0 Å². The molecule has 3 nitrogen and oxygen atoms in total. The lowest BCUT2D eigenvalue weighted by atomic mass is 9.75. The van der Waals surface area contributed by atoms with Gasteiger partial charge >= 0.3 is 5.97 Å². The van der Waals surface area contributed by atoms with E-state index in [-0.39, 0.29) is 5.97 Å². The van der Waals surface area contributed by atoms with Crippen molar-refractivity contribution >= 4 is 5.97 Å². The maximum absolute atomic E-state index is 11.7. The molecular formula is C17H25NO2. The first-order valence-electron chi connectivity index (χ1n) is 7.41. The highest BCUT2D eigenvalue weighted by molar-refractivity contribution is 5.90. The fourth-order valence-corrected chi connectivity index (χ4v) is 3.11. The molecule has 0 spiro atoms. The Morgan fingerprint density at radius 2 is 2.15 bits per heavy atom. The lowest BCUT2D eigenvalue weighted by Gasteiger charge is -2.35. The summed E-state index contributed by atoms with van der Waals surface area (Å²) in [6, 6.07) is 8.21. The Labute approximate surface area is 121 Å². The van der Waals surface area contributed by atoms with Gasteiger partial charge in [-0.3, -0.25) is 0 Å². The molecule has 20 heavy (non-hydrogen) atoms. The van der Waals surface area contributed by atoms with Crippen LogP contribution >= 0.6 is 0 Å². The van der Waals surface area contributed by atoms with Crippen LogP contribution in [0.25, 0.3) is 0 Å². The first-order valence-corrected chi connectivity index (χ1v) is 7.41. The van der Waals surface area contributed by atoms with Crippen LogP contribution in [-0.4, -0.2) is 19.1 Å². The molecule has 1 unspecified atom stereocenters. The van der Waals surface area contributed by atoms with E-state index in [1.807, 2.05) is 24.3 Å². The molecule has 1 aromatic rings. The molecule has 1 aromatic carbocycles. The number of hydrogen-bond acceptors (Lipinski definition) is 3. The summed E-state index contributed by atoms with van der Waals surface area (Å²) in [4.78, 5) is 11.7. The van der Waals surface area contributed by atoms with E-state index in [0.717, 1.165) is 12.1 Å². The van der Waals surface area contributed by atoms with Crippen molar-refractivity contribution in [1.29, 1.82) is 0 Å². The predicted octanol–water partition coefficient (Wildman–Crippen LogP) is 3.53. The normalized spacial score (nSPS) is 21.4. The zero-order valence-electron chi connectivity index (χ0n) is 12.7. The topological polar surface area (TPSA) is 38.3 Å². The third kappa shape index (κ3) is 3.83. The van der Waals surface area contributed by atoms with E-state index >= 15 is 0 Å². The molecule has 0 aromatic heterocycles. The van der Waals surface area contributed by atoms with Crippen molar-refractivity contribution in [2.45, 2.75) is 52.1 Å². The molecule has 2 rings (SSSR count). The van der Waals surface area contributed by atoms with Crippen molar-refractivity contribution in [2.24, 2.45) is 5.41 Å². The molecule has 110 valence electrons. The Kier molecular flexibility index (Phi) is 4.81. The van der Waals surface area contributed by atoms with Crippen molar-refractivity contribution in [2.75, 3.05) is 7.11 Å². The summed E-state index contributed by atoms with van der Waals surface area (Å²) in [6.45, 7) is 5.40. The molecule has 1 N–H and O–H groups in total. The van der Waals surface area contributed by atoms with E-state index in [1.165, 1.54) is 32.8 Å². The Morgan fingerprint density at radius 1 is 1.40 bits per heavy atom. The summed E-state index contributed by atoms with van der Waals surface area (Å²) < 4.78 is 4.84. The maximum Gasteiger partial charge on any atom is 0.338 e. The fraction of sp³-hybridized carbons (Fsp3) is 0.588. The minimum atomic E-state index is -0.258. The number of esters is 1. The second kappa shape index (κ2) is 6.40. The minimum absolute atomic E-state index is 0.258. The van der Waals surface area contributed by atoms with Crippen LogP contribution in [0.3, 0.4) is 0 Å². The molecular weight excluding hydrogens is 250 g/mol. The lowest BCUT2D eigenvalue weighted by molar-refractivity contribution is 0.0599. The number of carbonyl (C=O) groups excluding carboxylic acids is 1. The van der Waals surface area contributed by atoms with E-state index < -0.39 is 0 Å². The molecule has 1 fully saturated rings. The van der Waals surface area contributed by atoms with Crippen molar-refractivity contribution in [3.05, 3.63) is 35.4 Å². The number of methoxy groups -OCH3 is 1. The van der Waals surface area contributed by atoms with Gasteiger partial charge in [0.2, 0.25) is 0 Å². The Morgan fingerprint density at radius 3 is 2.85 bits per heavy atom. The average molecular weight is 275 g/mol. The second-order valence-corrected chi connectivity index (χ2v) is 6.49. The zero-order valence-corrected chi connectivity index (χ0v) is 12.7. The quantitative estimate of drug-likeness (QED) is 0.854. The van der Waals surface area contributed by atoms with Crippen molar-refractivity contribution in [3.8, 4) is 0 Å². The summed E-state index contributed by atoms with van der Waals surface area (Å²) in [7, 11) is 1.43. The number of benzene rings is 1. The summed E-state index contributed by atoms with van der Waals surface area (Å²) in [5.41, 5.74) is 2.11. The molecule has 1 saturated carbocycles. The molecule has 0 amide bonds. The maximum atomic E-state index is 11.7. The van der Waals surface area contributed by atoms with Gasteiger partial charge in [-0.2, -0.15) is 0 Å². The number of ether oxygens (including phenoxy) is 1. The fourth-order valence-electron chi connectivity index (χ4n) is 3.11. The number of rotatable bonds is 4. The van der Waals surface area contributed by atoms with Gasteiger partial charge in [-0.25, -0.2) is 4.79 Å². The van der Waals surface area contributed by atoms with Crippen LogP contribution in [0, 0.1) is 5.41 Å². The van der Waals surface area contributed by atoms with Crippen LogP contribution in [-0.2, 0) is 11.3 Å². The van der Waals surface area contributed by atoms with Crippen LogP contribution < -0.4 is 5.32 Å². The predicted molar refractivity (Wildman–Crippen MR) is 80.7 cm³/mol. The Bertz CT molecular complexity index is 468. The summed E-state index contributed by atoms with van der Waals surface area (Å²) >= 11 is 0. The van der Waals surface area contributed by atoms with Crippen molar-refractivity contribution in [3.63, 3.8) is 0 Å². The second-order valence-electron chi connectivity index (χ2n) is 6.49. The highest BCUT2D eigenvalue weighted by atomic mass is 16.5. The first-order chi connectivity index (χ1) is 9.52. The van der Waals surface area contributed by atoms with Gasteiger partial charge in [-0.1, -0.05) is 38.5 Å².